The van der Waals surface area contributed by atoms with Crippen molar-refractivity contribution in [3.63, 3.8) is 0 Å². The minimum absolute atomic E-state index is 0.0228. The molecule has 5 nitrogen and oxygen atoms in total. The van der Waals surface area contributed by atoms with E-state index in [0.717, 1.165) is 6.07 Å². The van der Waals surface area contributed by atoms with E-state index in [1.807, 2.05) is 0 Å². The first-order valence-corrected chi connectivity index (χ1v) is 5.94. The smallest absolute Gasteiger partial charge is 0.220 e. The predicted octanol–water partition coefficient (Wildman–Crippen LogP) is 1.18. The normalized spacial score (nSPS) is 19.1. The molecule has 0 spiro atoms. The Kier molecular flexibility index (Phi) is 2.62. The summed E-state index contributed by atoms with van der Waals surface area (Å²) in [6.07, 6.45) is 1.13. The molecule has 1 saturated heterocycles. The third kappa shape index (κ3) is 2.00. The molecule has 0 radical (unpaired) electrons. The molecule has 0 bridgehead atoms. The average Bonchev–Trinajstić information content (AvgIpc) is 2.87. The molecule has 1 unspecified atom stereocenters. The van der Waals surface area contributed by atoms with Gasteiger partial charge in [-0.05, 0) is 6.42 Å². The van der Waals surface area contributed by atoms with Gasteiger partial charge in [-0.2, -0.15) is 0 Å². The molecule has 1 aromatic carbocycles. The van der Waals surface area contributed by atoms with Crippen LogP contribution in [0.5, 0.6) is 0 Å². The zero-order valence-corrected chi connectivity index (χ0v) is 9.99. The maximum absolute atomic E-state index is 13.6. The summed E-state index contributed by atoms with van der Waals surface area (Å²) < 4.78 is 28.4. The fourth-order valence-electron chi connectivity index (χ4n) is 2.39. The number of nitrogens with one attached hydrogen (secondary N) is 1. The Labute approximate surface area is 107 Å². The summed E-state index contributed by atoms with van der Waals surface area (Å²) in [5, 5.41) is 2.78. The number of imidazole rings is 1. The van der Waals surface area contributed by atoms with E-state index in [1.165, 1.54) is 10.6 Å². The van der Waals surface area contributed by atoms with E-state index in [2.05, 4.69) is 10.3 Å². The van der Waals surface area contributed by atoms with Crippen LogP contribution in [0.4, 0.5) is 14.7 Å². The maximum atomic E-state index is 13.6. The number of carbonyl (C=O) groups is 1. The lowest BCUT2D eigenvalue weighted by molar-refractivity contribution is -0.119. The number of hydrogen-bond acceptors (Lipinski definition) is 3. The molecule has 2 heterocycles. The topological polar surface area (TPSA) is 72.9 Å². The lowest BCUT2D eigenvalue weighted by Gasteiger charge is -2.12. The first-order chi connectivity index (χ1) is 9.04. The Morgan fingerprint density at radius 2 is 2.26 bits per heavy atom. The summed E-state index contributed by atoms with van der Waals surface area (Å²) in [7, 11) is 0. The van der Waals surface area contributed by atoms with E-state index in [4.69, 9.17) is 5.73 Å². The molecular weight excluding hydrogens is 254 g/mol. The van der Waals surface area contributed by atoms with Crippen molar-refractivity contribution >= 4 is 22.9 Å². The van der Waals surface area contributed by atoms with E-state index < -0.39 is 11.6 Å². The third-order valence-electron chi connectivity index (χ3n) is 3.29. The molecule has 0 aliphatic carbocycles. The first kappa shape index (κ1) is 11.9. The molecule has 1 amide bonds. The second kappa shape index (κ2) is 4.18. The number of nitrogen functional groups attached to an aromatic ring is 1. The van der Waals surface area contributed by atoms with E-state index in [1.54, 1.807) is 0 Å². The fraction of sp³-hybridized carbons (Fsp3) is 0.333. The minimum Gasteiger partial charge on any atom is -0.369 e. The van der Waals surface area contributed by atoms with Crippen molar-refractivity contribution < 1.29 is 13.6 Å². The molecule has 19 heavy (non-hydrogen) atoms. The van der Waals surface area contributed by atoms with Crippen LogP contribution in [0.1, 0.15) is 12.8 Å². The van der Waals surface area contributed by atoms with E-state index in [-0.39, 0.29) is 23.4 Å². The molecule has 1 aliphatic rings. The summed E-state index contributed by atoms with van der Waals surface area (Å²) >= 11 is 0. The molecule has 1 atom stereocenters. The molecule has 3 rings (SSSR count). The van der Waals surface area contributed by atoms with Crippen LogP contribution in [-0.2, 0) is 11.3 Å². The highest BCUT2D eigenvalue weighted by Crippen LogP contribution is 2.23. The number of carbonyl (C=O) groups excluding carboxylic acids is 1. The molecular formula is C12H12F2N4O. The highest BCUT2D eigenvalue weighted by molar-refractivity contribution is 5.80. The number of amides is 1. The van der Waals surface area contributed by atoms with Crippen molar-refractivity contribution in [3.05, 3.63) is 23.8 Å². The van der Waals surface area contributed by atoms with Gasteiger partial charge in [0, 0.05) is 31.1 Å². The van der Waals surface area contributed by atoms with Gasteiger partial charge in [-0.1, -0.05) is 0 Å². The van der Waals surface area contributed by atoms with Crippen molar-refractivity contribution in [2.75, 3.05) is 5.73 Å². The summed E-state index contributed by atoms with van der Waals surface area (Å²) in [6.45, 7) is 0.358. The van der Waals surface area contributed by atoms with E-state index in [0.29, 0.717) is 24.9 Å². The standard InChI is InChI=1S/C12H12F2N4O/c13-6-3-8(14)11-9(4-6)18(12(15)17-11)5-7-1-2-10(19)16-7/h3-4,7H,1-2,5H2,(H2,15,17)(H,16,19). The van der Waals surface area contributed by atoms with Crippen LogP contribution in [0.15, 0.2) is 12.1 Å². The van der Waals surface area contributed by atoms with Crippen molar-refractivity contribution in [2.45, 2.75) is 25.4 Å². The van der Waals surface area contributed by atoms with Crippen LogP contribution in [0.25, 0.3) is 11.0 Å². The van der Waals surface area contributed by atoms with Gasteiger partial charge in [0.1, 0.15) is 11.3 Å². The summed E-state index contributed by atoms with van der Waals surface area (Å²) in [5.41, 5.74) is 6.08. The van der Waals surface area contributed by atoms with Crippen LogP contribution in [-0.4, -0.2) is 21.5 Å². The monoisotopic (exact) mass is 266 g/mol. The number of rotatable bonds is 2. The van der Waals surface area contributed by atoms with Crippen LogP contribution in [0.2, 0.25) is 0 Å². The Hall–Kier alpha value is -2.18. The molecule has 3 N–H and O–H groups in total. The van der Waals surface area contributed by atoms with Crippen molar-refractivity contribution in [2.24, 2.45) is 0 Å². The van der Waals surface area contributed by atoms with Gasteiger partial charge in [0.15, 0.2) is 5.82 Å². The molecule has 0 saturated carbocycles. The molecule has 7 heteroatoms. The van der Waals surface area contributed by atoms with Gasteiger partial charge in [-0.15, -0.1) is 0 Å². The number of nitrogens with zero attached hydrogens (tertiary/aromatic N) is 2. The number of anilines is 1. The van der Waals surface area contributed by atoms with Crippen LogP contribution < -0.4 is 11.1 Å². The second-order valence-electron chi connectivity index (χ2n) is 4.64. The lowest BCUT2D eigenvalue weighted by atomic mass is 10.2. The highest BCUT2D eigenvalue weighted by atomic mass is 19.1. The van der Waals surface area contributed by atoms with Gasteiger partial charge in [0.25, 0.3) is 0 Å². The summed E-state index contributed by atoms with van der Waals surface area (Å²) in [6, 6.07) is 1.88. The zero-order chi connectivity index (χ0) is 13.6. The largest absolute Gasteiger partial charge is 0.369 e. The maximum Gasteiger partial charge on any atom is 0.220 e. The number of fused-ring (bicyclic) bond motifs is 1. The SMILES string of the molecule is Nc1nc2c(F)cc(F)cc2n1CC1CCC(=O)N1. The fourth-order valence-corrected chi connectivity index (χ4v) is 2.39. The van der Waals surface area contributed by atoms with Crippen LogP contribution >= 0.6 is 0 Å². The molecule has 1 aromatic heterocycles. The van der Waals surface area contributed by atoms with E-state index in [9.17, 15) is 13.6 Å². The minimum atomic E-state index is -0.740. The van der Waals surface area contributed by atoms with Crippen molar-refractivity contribution in [1.29, 1.82) is 0 Å². The number of hydrogen-bond donors (Lipinski definition) is 2. The molecule has 1 aliphatic heterocycles. The van der Waals surface area contributed by atoms with Gasteiger partial charge in [0.05, 0.1) is 5.52 Å². The Bertz CT molecular complexity index is 667. The van der Waals surface area contributed by atoms with Crippen molar-refractivity contribution in [1.82, 2.24) is 14.9 Å². The van der Waals surface area contributed by atoms with Gasteiger partial charge < -0.3 is 15.6 Å². The Morgan fingerprint density at radius 3 is 2.95 bits per heavy atom. The van der Waals surface area contributed by atoms with Crippen LogP contribution in [0, 0.1) is 11.6 Å². The Morgan fingerprint density at radius 1 is 1.47 bits per heavy atom. The average molecular weight is 266 g/mol. The highest BCUT2D eigenvalue weighted by Gasteiger charge is 2.23. The number of benzene rings is 1. The van der Waals surface area contributed by atoms with Gasteiger partial charge in [-0.3, -0.25) is 4.79 Å². The summed E-state index contributed by atoms with van der Waals surface area (Å²) in [4.78, 5) is 15.1. The predicted molar refractivity (Wildman–Crippen MR) is 65.2 cm³/mol. The number of halogens is 2. The van der Waals surface area contributed by atoms with E-state index >= 15 is 0 Å². The van der Waals surface area contributed by atoms with Gasteiger partial charge in [-0.25, -0.2) is 13.8 Å². The first-order valence-electron chi connectivity index (χ1n) is 5.94. The quantitative estimate of drug-likeness (QED) is 0.857. The lowest BCUT2D eigenvalue weighted by Crippen LogP contribution is -2.29. The van der Waals surface area contributed by atoms with Gasteiger partial charge in [0.2, 0.25) is 11.9 Å². The molecule has 2 aromatic rings. The molecule has 100 valence electrons. The Balaban J connectivity index is 2.03. The number of aromatic nitrogens is 2. The molecule has 1 fully saturated rings. The van der Waals surface area contributed by atoms with Crippen molar-refractivity contribution in [3.8, 4) is 0 Å². The zero-order valence-electron chi connectivity index (χ0n) is 9.99. The number of nitrogens with two attached hydrogens (primary N) is 1. The third-order valence-corrected chi connectivity index (χ3v) is 3.29. The van der Waals surface area contributed by atoms with Crippen LogP contribution in [0.3, 0.4) is 0 Å². The summed E-state index contributed by atoms with van der Waals surface area (Å²) in [5.74, 6) is -1.33. The van der Waals surface area contributed by atoms with Gasteiger partial charge >= 0.3 is 0 Å². The second-order valence-corrected chi connectivity index (χ2v) is 4.64.